The molecule has 30 heavy (non-hydrogen) atoms. The zero-order valence-electron chi connectivity index (χ0n) is 17.6. The molecule has 1 amide bonds. The fourth-order valence-electron chi connectivity index (χ4n) is 3.49. The number of nitrogens with zero attached hydrogens (tertiary/aromatic N) is 1. The number of aliphatic hydroxyl groups is 1. The van der Waals surface area contributed by atoms with E-state index >= 15 is 0 Å². The summed E-state index contributed by atoms with van der Waals surface area (Å²) < 4.78 is 5.21. The average molecular weight is 405 g/mol. The van der Waals surface area contributed by atoms with Crippen molar-refractivity contribution in [3.63, 3.8) is 0 Å². The molecule has 5 nitrogen and oxygen atoms in total. The first-order valence-electron chi connectivity index (χ1n) is 10.1. The van der Waals surface area contributed by atoms with Crippen LogP contribution in [0.2, 0.25) is 0 Å². The summed E-state index contributed by atoms with van der Waals surface area (Å²) in [5.74, 6) is 6.05. The van der Waals surface area contributed by atoms with E-state index in [1.807, 2.05) is 6.07 Å². The summed E-state index contributed by atoms with van der Waals surface area (Å²) in [6.45, 7) is 4.30. The van der Waals surface area contributed by atoms with Gasteiger partial charge in [-0.1, -0.05) is 24.0 Å². The average Bonchev–Trinajstić information content (AvgIpc) is 2.76. The highest BCUT2D eigenvalue weighted by atomic mass is 16.5. The van der Waals surface area contributed by atoms with Gasteiger partial charge in [0.1, 0.15) is 11.4 Å². The number of carbonyl (C=O) groups excluding carboxylic acids is 2. The van der Waals surface area contributed by atoms with Crippen molar-refractivity contribution >= 4 is 11.7 Å². The summed E-state index contributed by atoms with van der Waals surface area (Å²) in [5, 5.41) is 9.70. The molecule has 0 unspecified atom stereocenters. The quantitative estimate of drug-likeness (QED) is 0.624. The third-order valence-corrected chi connectivity index (χ3v) is 5.08. The summed E-state index contributed by atoms with van der Waals surface area (Å²) in [6, 6.07) is 14.2. The molecule has 3 rings (SSSR count). The fourth-order valence-corrected chi connectivity index (χ4v) is 3.49. The summed E-state index contributed by atoms with van der Waals surface area (Å²) >= 11 is 0. The van der Waals surface area contributed by atoms with Crippen LogP contribution in [0.25, 0.3) is 0 Å². The van der Waals surface area contributed by atoms with E-state index in [1.165, 1.54) is 0 Å². The van der Waals surface area contributed by atoms with E-state index in [0.29, 0.717) is 30.0 Å². The zero-order chi connectivity index (χ0) is 21.7. The van der Waals surface area contributed by atoms with Gasteiger partial charge in [-0.2, -0.15) is 0 Å². The Morgan fingerprint density at radius 3 is 2.53 bits per heavy atom. The number of ketones is 1. The molecule has 0 saturated carbocycles. The lowest BCUT2D eigenvalue weighted by atomic mass is 9.89. The number of carbonyl (C=O) groups is 2. The molecule has 0 aromatic heterocycles. The highest BCUT2D eigenvalue weighted by Gasteiger charge is 2.29. The molecular formula is C25H27NO4. The highest BCUT2D eigenvalue weighted by Crippen LogP contribution is 2.24. The Labute approximate surface area is 177 Å². The van der Waals surface area contributed by atoms with E-state index in [4.69, 9.17) is 4.74 Å². The predicted octanol–water partition coefficient (Wildman–Crippen LogP) is 3.55. The van der Waals surface area contributed by atoms with Gasteiger partial charge in [0.2, 0.25) is 0 Å². The number of amides is 1. The van der Waals surface area contributed by atoms with Crippen molar-refractivity contribution in [1.29, 1.82) is 0 Å². The van der Waals surface area contributed by atoms with Gasteiger partial charge in [-0.25, -0.2) is 0 Å². The minimum atomic E-state index is -1.06. The number of methoxy groups -OCH3 is 1. The molecule has 1 aliphatic rings. The summed E-state index contributed by atoms with van der Waals surface area (Å²) in [5.41, 5.74) is 0.854. The Morgan fingerprint density at radius 1 is 1.13 bits per heavy atom. The number of likely N-dealkylation sites (tertiary alicyclic amines) is 1. The van der Waals surface area contributed by atoms with Gasteiger partial charge in [-0.15, -0.1) is 0 Å². The summed E-state index contributed by atoms with van der Waals surface area (Å²) in [4.78, 5) is 27.6. The van der Waals surface area contributed by atoms with E-state index in [9.17, 15) is 14.7 Å². The molecule has 0 radical (unpaired) electrons. The smallest absolute Gasteiger partial charge is 0.253 e. The lowest BCUT2D eigenvalue weighted by molar-refractivity contribution is 0.0636. The maximum absolute atomic E-state index is 13.0. The van der Waals surface area contributed by atoms with Crippen LogP contribution in [0.15, 0.2) is 48.5 Å². The van der Waals surface area contributed by atoms with Gasteiger partial charge in [0.25, 0.3) is 5.91 Å². The summed E-state index contributed by atoms with van der Waals surface area (Å²) in [7, 11) is 1.58. The number of benzene rings is 2. The first-order chi connectivity index (χ1) is 14.3. The Hall–Kier alpha value is -3.10. The fraction of sp³-hybridized carbons (Fsp3) is 0.360. The highest BCUT2D eigenvalue weighted by molar-refractivity contribution is 5.99. The van der Waals surface area contributed by atoms with Gasteiger partial charge in [0, 0.05) is 35.7 Å². The van der Waals surface area contributed by atoms with Crippen LogP contribution in [-0.4, -0.2) is 47.5 Å². The molecule has 1 N–H and O–H groups in total. The molecule has 2 aromatic rings. The van der Waals surface area contributed by atoms with Crippen molar-refractivity contribution in [3.8, 4) is 17.6 Å². The van der Waals surface area contributed by atoms with E-state index in [-0.39, 0.29) is 17.6 Å². The number of Topliss-reactive ketones (excluding diaryl/α,β-unsaturated/α-hetero) is 1. The van der Waals surface area contributed by atoms with Crippen molar-refractivity contribution in [2.24, 2.45) is 5.92 Å². The number of piperidine rings is 1. The van der Waals surface area contributed by atoms with E-state index in [2.05, 4.69) is 11.8 Å². The largest absolute Gasteiger partial charge is 0.497 e. The molecule has 5 heteroatoms. The van der Waals surface area contributed by atoms with Gasteiger partial charge in [-0.3, -0.25) is 9.59 Å². The molecule has 156 valence electrons. The Balaban J connectivity index is 1.69. The van der Waals surface area contributed by atoms with Gasteiger partial charge in [-0.05, 0) is 63.1 Å². The number of ether oxygens (including phenoxy) is 1. The maximum atomic E-state index is 13.0. The molecule has 1 fully saturated rings. The standard InChI is InChI=1S/C25H27NO4/c1-25(2,29)14-13-18-9-11-19(12-10-18)24(28)26-15-5-7-21(17-26)23(27)20-6-4-8-22(16-20)30-3/h4,6,8-12,16,21,29H,5,7,15,17H2,1-3H3/t21-/m0/s1. The lowest BCUT2D eigenvalue weighted by Gasteiger charge is -2.32. The SMILES string of the molecule is COc1cccc(C(=O)[C@H]2CCCN(C(=O)c3ccc(C#CC(C)(C)O)cc3)C2)c1. The predicted molar refractivity (Wildman–Crippen MR) is 116 cm³/mol. The molecule has 0 aliphatic carbocycles. The third-order valence-electron chi connectivity index (χ3n) is 5.08. The topological polar surface area (TPSA) is 66.8 Å². The minimum Gasteiger partial charge on any atom is -0.497 e. The molecule has 1 atom stereocenters. The molecule has 2 aromatic carbocycles. The molecule has 1 saturated heterocycles. The van der Waals surface area contributed by atoms with Crippen LogP contribution in [0, 0.1) is 17.8 Å². The molecule has 1 heterocycles. The van der Waals surface area contributed by atoms with E-state index < -0.39 is 5.60 Å². The van der Waals surface area contributed by atoms with Gasteiger partial charge < -0.3 is 14.7 Å². The van der Waals surface area contributed by atoms with Crippen molar-refractivity contribution in [2.75, 3.05) is 20.2 Å². The van der Waals surface area contributed by atoms with Crippen molar-refractivity contribution in [2.45, 2.75) is 32.3 Å². The number of hydrogen-bond donors (Lipinski definition) is 1. The lowest BCUT2D eigenvalue weighted by Crippen LogP contribution is -2.42. The minimum absolute atomic E-state index is 0.0450. The number of hydrogen-bond acceptors (Lipinski definition) is 4. The Kier molecular flexibility index (Phi) is 6.59. The van der Waals surface area contributed by atoms with Crippen LogP contribution in [-0.2, 0) is 0 Å². The Bertz CT molecular complexity index is 977. The number of rotatable bonds is 4. The Morgan fingerprint density at radius 2 is 1.87 bits per heavy atom. The van der Waals surface area contributed by atoms with Crippen LogP contribution in [0.5, 0.6) is 5.75 Å². The van der Waals surface area contributed by atoms with Crippen molar-refractivity contribution < 1.29 is 19.4 Å². The van der Waals surface area contributed by atoms with Crippen LogP contribution in [0.1, 0.15) is 53.0 Å². The monoisotopic (exact) mass is 405 g/mol. The third kappa shape index (κ3) is 5.49. The summed E-state index contributed by atoms with van der Waals surface area (Å²) in [6.07, 6.45) is 1.56. The van der Waals surface area contributed by atoms with Gasteiger partial charge in [0.15, 0.2) is 5.78 Å². The van der Waals surface area contributed by atoms with Gasteiger partial charge in [0.05, 0.1) is 7.11 Å². The second kappa shape index (κ2) is 9.15. The molecule has 0 bridgehead atoms. The first kappa shape index (κ1) is 21.6. The van der Waals surface area contributed by atoms with Crippen molar-refractivity contribution in [1.82, 2.24) is 4.90 Å². The maximum Gasteiger partial charge on any atom is 0.253 e. The first-order valence-corrected chi connectivity index (χ1v) is 10.1. The molecule has 0 spiro atoms. The van der Waals surface area contributed by atoms with Crippen LogP contribution < -0.4 is 4.74 Å². The second-order valence-corrected chi connectivity index (χ2v) is 8.07. The van der Waals surface area contributed by atoms with E-state index in [0.717, 1.165) is 18.4 Å². The molecule has 1 aliphatic heterocycles. The van der Waals surface area contributed by atoms with Gasteiger partial charge >= 0.3 is 0 Å². The second-order valence-electron chi connectivity index (χ2n) is 8.07. The normalized spacial score (nSPS) is 16.4. The van der Waals surface area contributed by atoms with Crippen LogP contribution in [0.3, 0.4) is 0 Å². The van der Waals surface area contributed by atoms with E-state index in [1.54, 1.807) is 68.3 Å². The van der Waals surface area contributed by atoms with Crippen molar-refractivity contribution in [3.05, 3.63) is 65.2 Å². The van der Waals surface area contributed by atoms with Crippen LogP contribution >= 0.6 is 0 Å². The van der Waals surface area contributed by atoms with Crippen LogP contribution in [0.4, 0.5) is 0 Å². The zero-order valence-corrected chi connectivity index (χ0v) is 17.6. The molecular weight excluding hydrogens is 378 g/mol.